The molecule has 2 N–H and O–H groups in total. The number of thiophene rings is 1. The summed E-state index contributed by atoms with van der Waals surface area (Å²) in [4.78, 5) is 38.0. The number of fused-ring (bicyclic) bond motifs is 1. The van der Waals surface area contributed by atoms with E-state index in [4.69, 9.17) is 4.42 Å². The number of benzene rings is 1. The zero-order chi connectivity index (χ0) is 25.1. The van der Waals surface area contributed by atoms with Gasteiger partial charge in [-0.3, -0.25) is 9.59 Å². The van der Waals surface area contributed by atoms with Crippen LogP contribution in [0.3, 0.4) is 0 Å². The van der Waals surface area contributed by atoms with Crippen molar-refractivity contribution in [2.45, 2.75) is 49.4 Å². The van der Waals surface area contributed by atoms with Crippen LogP contribution in [-0.2, 0) is 19.4 Å². The summed E-state index contributed by atoms with van der Waals surface area (Å²) in [6.45, 7) is 2.23. The topological polar surface area (TPSA) is 100 Å². The van der Waals surface area contributed by atoms with E-state index in [9.17, 15) is 9.59 Å². The molecule has 0 fully saturated rings. The molecule has 0 aliphatic heterocycles. The molecule has 1 aliphatic rings. The molecule has 10 heteroatoms. The van der Waals surface area contributed by atoms with Gasteiger partial charge >= 0.3 is 0 Å². The predicted molar refractivity (Wildman–Crippen MR) is 146 cm³/mol. The molecule has 1 aliphatic carbocycles. The highest BCUT2D eigenvalue weighted by Crippen LogP contribution is 2.40. The Balaban J connectivity index is 1.38. The number of furan rings is 1. The Kier molecular flexibility index (Phi) is 7.54. The second kappa shape index (κ2) is 11.0. The highest BCUT2D eigenvalue weighted by molar-refractivity contribution is 9.10. The van der Waals surface area contributed by atoms with E-state index in [1.807, 2.05) is 36.4 Å². The van der Waals surface area contributed by atoms with Crippen molar-refractivity contribution in [1.29, 1.82) is 0 Å². The molecule has 0 atom stereocenters. The second-order valence-electron chi connectivity index (χ2n) is 8.40. The zero-order valence-corrected chi connectivity index (χ0v) is 22.7. The Hall–Kier alpha value is -2.95. The van der Waals surface area contributed by atoms with Crippen LogP contribution < -0.4 is 10.9 Å². The van der Waals surface area contributed by atoms with E-state index < -0.39 is 0 Å². The number of nitrogens with zero attached hydrogens (tertiary/aromatic N) is 2. The lowest BCUT2D eigenvalue weighted by Crippen LogP contribution is -2.24. The molecule has 0 spiro atoms. The SMILES string of the molecule is Cc1cc(=O)[nH]c(Sc2oc(C=Nc3sc4c(c3C(=O)NCc3ccccc3)CCCC4)cc2Br)n1. The number of aliphatic imine (C=N–C) groups is 1. The number of H-pyrrole nitrogens is 1. The van der Waals surface area contributed by atoms with Crippen molar-refractivity contribution < 1.29 is 9.21 Å². The number of amides is 1. The van der Waals surface area contributed by atoms with Crippen molar-refractivity contribution in [3.63, 3.8) is 0 Å². The average molecular weight is 584 g/mol. The summed E-state index contributed by atoms with van der Waals surface area (Å²) in [7, 11) is 0. The fraction of sp³-hybridized carbons (Fsp3) is 0.231. The van der Waals surface area contributed by atoms with Crippen LogP contribution in [0.1, 0.15) is 50.7 Å². The van der Waals surface area contributed by atoms with E-state index in [-0.39, 0.29) is 11.5 Å². The second-order valence-corrected chi connectivity index (χ2v) is 11.3. The summed E-state index contributed by atoms with van der Waals surface area (Å²) in [6, 6.07) is 13.1. The largest absolute Gasteiger partial charge is 0.447 e. The third-order valence-corrected chi connectivity index (χ3v) is 8.62. The summed E-state index contributed by atoms with van der Waals surface area (Å²) < 4.78 is 6.66. The number of rotatable bonds is 7. The summed E-state index contributed by atoms with van der Waals surface area (Å²) in [5.41, 5.74) is 3.26. The highest BCUT2D eigenvalue weighted by atomic mass is 79.9. The molecule has 3 heterocycles. The van der Waals surface area contributed by atoms with Crippen molar-refractivity contribution >= 4 is 56.2 Å². The molecule has 0 unspecified atom stereocenters. The minimum Gasteiger partial charge on any atom is -0.447 e. The highest BCUT2D eigenvalue weighted by Gasteiger charge is 2.25. The first-order valence-corrected chi connectivity index (χ1v) is 13.9. The van der Waals surface area contributed by atoms with Gasteiger partial charge in [0.05, 0.1) is 16.3 Å². The number of aryl methyl sites for hydroxylation is 2. The van der Waals surface area contributed by atoms with Gasteiger partial charge in [0.1, 0.15) is 10.8 Å². The maximum atomic E-state index is 13.3. The normalized spacial score (nSPS) is 13.2. The van der Waals surface area contributed by atoms with E-state index >= 15 is 0 Å². The standard InChI is InChI=1S/C26H23BrN4O3S2/c1-15-11-21(32)31-26(30-15)36-25-19(27)12-17(34-25)14-29-24-22(18-9-5-6-10-20(18)35-24)23(33)28-13-16-7-3-2-4-8-16/h2-4,7-8,11-12,14H,5-6,9-10,13H2,1H3,(H,28,33)(H,30,31,32). The monoisotopic (exact) mass is 582 g/mol. The maximum absolute atomic E-state index is 13.3. The van der Waals surface area contributed by atoms with E-state index in [0.29, 0.717) is 38.8 Å². The fourth-order valence-electron chi connectivity index (χ4n) is 4.06. The van der Waals surface area contributed by atoms with Gasteiger partial charge in [-0.05, 0) is 71.4 Å². The summed E-state index contributed by atoms with van der Waals surface area (Å²) >= 11 is 6.30. The lowest BCUT2D eigenvalue weighted by Gasteiger charge is -2.12. The minimum atomic E-state index is -0.214. The Morgan fingerprint density at radius 2 is 2.08 bits per heavy atom. The number of carbonyl (C=O) groups excluding carboxylic acids is 1. The van der Waals surface area contributed by atoms with Crippen molar-refractivity contribution in [3.05, 3.63) is 90.3 Å². The van der Waals surface area contributed by atoms with Gasteiger partial charge in [0, 0.05) is 29.2 Å². The summed E-state index contributed by atoms with van der Waals surface area (Å²) in [6.07, 6.45) is 5.70. The number of aromatic nitrogens is 2. The Labute approximate surface area is 224 Å². The van der Waals surface area contributed by atoms with Gasteiger partial charge < -0.3 is 14.7 Å². The van der Waals surface area contributed by atoms with Gasteiger partial charge in [-0.25, -0.2) is 9.98 Å². The lowest BCUT2D eigenvalue weighted by atomic mass is 9.95. The van der Waals surface area contributed by atoms with Crippen molar-refractivity contribution in [2.75, 3.05) is 0 Å². The van der Waals surface area contributed by atoms with Crippen LogP contribution in [0.5, 0.6) is 0 Å². The van der Waals surface area contributed by atoms with Gasteiger partial charge in [-0.2, -0.15) is 0 Å². The van der Waals surface area contributed by atoms with Crippen LogP contribution in [0.25, 0.3) is 0 Å². The first kappa shape index (κ1) is 24.7. The molecule has 184 valence electrons. The summed E-state index contributed by atoms with van der Waals surface area (Å²) in [5, 5.41) is 4.76. The van der Waals surface area contributed by atoms with Crippen molar-refractivity contribution in [3.8, 4) is 0 Å². The van der Waals surface area contributed by atoms with Crippen LogP contribution in [0.4, 0.5) is 5.00 Å². The van der Waals surface area contributed by atoms with Crippen molar-refractivity contribution in [1.82, 2.24) is 15.3 Å². The molecule has 0 bridgehead atoms. The van der Waals surface area contributed by atoms with Crippen LogP contribution in [0.15, 0.2) is 71.4 Å². The van der Waals surface area contributed by atoms with Crippen molar-refractivity contribution in [2.24, 2.45) is 4.99 Å². The lowest BCUT2D eigenvalue weighted by molar-refractivity contribution is 0.0951. The molecule has 5 rings (SSSR count). The maximum Gasteiger partial charge on any atom is 0.254 e. The van der Waals surface area contributed by atoms with Gasteiger partial charge in [0.15, 0.2) is 10.2 Å². The van der Waals surface area contributed by atoms with Crippen LogP contribution in [0, 0.1) is 6.92 Å². The van der Waals surface area contributed by atoms with E-state index in [1.54, 1.807) is 24.5 Å². The molecular weight excluding hydrogens is 560 g/mol. The van der Waals surface area contributed by atoms with Gasteiger partial charge in [-0.1, -0.05) is 30.3 Å². The van der Waals surface area contributed by atoms with Crippen LogP contribution in [0.2, 0.25) is 0 Å². The van der Waals surface area contributed by atoms with Gasteiger partial charge in [-0.15, -0.1) is 11.3 Å². The molecule has 0 radical (unpaired) electrons. The Bertz CT molecular complexity index is 1490. The molecule has 3 aromatic heterocycles. The first-order chi connectivity index (χ1) is 17.5. The molecule has 1 aromatic carbocycles. The van der Waals surface area contributed by atoms with Gasteiger partial charge in [0.25, 0.3) is 11.5 Å². The molecule has 0 saturated carbocycles. The van der Waals surface area contributed by atoms with E-state index in [2.05, 4.69) is 36.2 Å². The molecular formula is C26H23BrN4O3S2. The number of nitrogens with one attached hydrogen (secondary N) is 2. The number of halogens is 1. The van der Waals surface area contributed by atoms with Crippen LogP contribution >= 0.6 is 39.0 Å². The molecule has 1 amide bonds. The third-order valence-electron chi connectivity index (χ3n) is 5.70. The fourth-order valence-corrected chi connectivity index (χ4v) is 6.65. The molecule has 4 aromatic rings. The van der Waals surface area contributed by atoms with E-state index in [1.165, 1.54) is 22.7 Å². The number of hydrogen-bond acceptors (Lipinski definition) is 7. The quantitative estimate of drug-likeness (QED) is 0.199. The van der Waals surface area contributed by atoms with Crippen LogP contribution in [-0.4, -0.2) is 22.1 Å². The average Bonchev–Trinajstić information content (AvgIpc) is 3.40. The third kappa shape index (κ3) is 5.71. The minimum absolute atomic E-state index is 0.100. The smallest absolute Gasteiger partial charge is 0.254 e. The number of hydrogen-bond donors (Lipinski definition) is 2. The molecule has 0 saturated heterocycles. The molecule has 36 heavy (non-hydrogen) atoms. The number of carbonyl (C=O) groups is 1. The number of aromatic amines is 1. The Morgan fingerprint density at radius 1 is 1.28 bits per heavy atom. The predicted octanol–water partition coefficient (Wildman–Crippen LogP) is 6.21. The van der Waals surface area contributed by atoms with Gasteiger partial charge in [0.2, 0.25) is 0 Å². The van der Waals surface area contributed by atoms with E-state index in [0.717, 1.165) is 41.3 Å². The summed E-state index contributed by atoms with van der Waals surface area (Å²) in [5.74, 6) is 0.429. The first-order valence-electron chi connectivity index (χ1n) is 11.5. The zero-order valence-electron chi connectivity index (χ0n) is 19.5. The Morgan fingerprint density at radius 3 is 2.89 bits per heavy atom. The molecule has 7 nitrogen and oxygen atoms in total.